The van der Waals surface area contributed by atoms with Crippen molar-refractivity contribution in [1.82, 2.24) is 5.32 Å². The average molecular weight is 443 g/mol. The zero-order chi connectivity index (χ0) is 22.5. The Balaban J connectivity index is 1.77. The first-order valence-corrected chi connectivity index (χ1v) is 11.5. The normalized spacial score (nSPS) is 16.3. The van der Waals surface area contributed by atoms with E-state index in [-0.39, 0.29) is 30.6 Å². The first-order valence-electron chi connectivity index (χ1n) is 10.7. The van der Waals surface area contributed by atoms with E-state index in [0.717, 1.165) is 35.3 Å². The second kappa shape index (κ2) is 10.1. The molecule has 1 aliphatic rings. The minimum atomic E-state index is -0.919. The van der Waals surface area contributed by atoms with E-state index in [0.29, 0.717) is 23.0 Å². The number of carboxylic acids is 1. The third-order valence-corrected chi connectivity index (χ3v) is 6.79. The van der Waals surface area contributed by atoms with Crippen LogP contribution in [0.5, 0.6) is 0 Å². The lowest BCUT2D eigenvalue weighted by Crippen LogP contribution is -2.26. The molecule has 1 aliphatic carbocycles. The molecule has 0 radical (unpaired) electrons. The standard InChI is InChI=1S/C24H30N2O4S/c1-14-4-7-17(8-5-14)13-25-23(30)22-18-9-6-15(2)10-19(18)31-24(22)26-20(27)11-16(3)12-21(28)29/h4-5,7-8,15-16H,6,9-13H2,1-3H3,(H,25,30)(H,26,27)(H,28,29)/t15-,16+/m0/s1. The van der Waals surface area contributed by atoms with E-state index in [9.17, 15) is 14.4 Å². The van der Waals surface area contributed by atoms with Gasteiger partial charge >= 0.3 is 5.97 Å². The van der Waals surface area contributed by atoms with Crippen molar-refractivity contribution in [1.29, 1.82) is 0 Å². The van der Waals surface area contributed by atoms with Crippen LogP contribution in [0, 0.1) is 18.8 Å². The Labute approximate surface area is 187 Å². The lowest BCUT2D eigenvalue weighted by atomic mass is 9.88. The van der Waals surface area contributed by atoms with Crippen LogP contribution in [0.25, 0.3) is 0 Å². The van der Waals surface area contributed by atoms with E-state index < -0.39 is 5.97 Å². The summed E-state index contributed by atoms with van der Waals surface area (Å²) in [4.78, 5) is 37.7. The number of carbonyl (C=O) groups is 3. The summed E-state index contributed by atoms with van der Waals surface area (Å²) in [5.41, 5.74) is 3.79. The van der Waals surface area contributed by atoms with E-state index >= 15 is 0 Å². The molecule has 2 aromatic rings. The summed E-state index contributed by atoms with van der Waals surface area (Å²) in [5, 5.41) is 15.4. The first kappa shape index (κ1) is 23.0. The fourth-order valence-corrected chi connectivity index (χ4v) is 5.34. The van der Waals surface area contributed by atoms with Crippen LogP contribution in [0.4, 0.5) is 5.00 Å². The molecular weight excluding hydrogens is 412 g/mol. The molecular formula is C24H30N2O4S. The Morgan fingerprint density at radius 3 is 2.58 bits per heavy atom. The second-order valence-electron chi connectivity index (χ2n) is 8.68. The van der Waals surface area contributed by atoms with Gasteiger partial charge in [-0.05, 0) is 49.1 Å². The molecule has 2 amide bonds. The summed E-state index contributed by atoms with van der Waals surface area (Å²) < 4.78 is 0. The highest BCUT2D eigenvalue weighted by Crippen LogP contribution is 2.39. The van der Waals surface area contributed by atoms with Gasteiger partial charge in [0.05, 0.1) is 5.56 Å². The third kappa shape index (κ3) is 6.17. The number of carbonyl (C=O) groups excluding carboxylic acids is 2. The average Bonchev–Trinajstić information content (AvgIpc) is 3.03. The molecule has 0 unspecified atom stereocenters. The summed E-state index contributed by atoms with van der Waals surface area (Å²) in [6, 6.07) is 8.01. The highest BCUT2D eigenvalue weighted by Gasteiger charge is 2.28. The van der Waals surface area contributed by atoms with Crippen LogP contribution in [0.3, 0.4) is 0 Å². The number of anilines is 1. The molecule has 0 saturated heterocycles. The van der Waals surface area contributed by atoms with Crippen LogP contribution in [0.15, 0.2) is 24.3 Å². The lowest BCUT2D eigenvalue weighted by molar-refractivity contribution is -0.138. The van der Waals surface area contributed by atoms with E-state index in [1.165, 1.54) is 16.9 Å². The van der Waals surface area contributed by atoms with Gasteiger partial charge in [-0.2, -0.15) is 0 Å². The van der Waals surface area contributed by atoms with Gasteiger partial charge in [0.2, 0.25) is 5.91 Å². The summed E-state index contributed by atoms with van der Waals surface area (Å²) in [6.07, 6.45) is 2.80. The predicted octanol–water partition coefficient (Wildman–Crippen LogP) is 4.55. The summed E-state index contributed by atoms with van der Waals surface area (Å²) in [7, 11) is 0. The maximum absolute atomic E-state index is 13.1. The Morgan fingerprint density at radius 1 is 1.19 bits per heavy atom. The van der Waals surface area contributed by atoms with Gasteiger partial charge in [0.15, 0.2) is 0 Å². The van der Waals surface area contributed by atoms with Gasteiger partial charge in [-0.1, -0.05) is 43.7 Å². The number of fused-ring (bicyclic) bond motifs is 1. The van der Waals surface area contributed by atoms with Gasteiger partial charge in [0.1, 0.15) is 5.00 Å². The fraction of sp³-hybridized carbons (Fsp3) is 0.458. The predicted molar refractivity (Wildman–Crippen MR) is 123 cm³/mol. The van der Waals surface area contributed by atoms with Gasteiger partial charge in [-0.15, -0.1) is 11.3 Å². The highest BCUT2D eigenvalue weighted by atomic mass is 32.1. The zero-order valence-electron chi connectivity index (χ0n) is 18.3. The van der Waals surface area contributed by atoms with Gasteiger partial charge in [-0.25, -0.2) is 0 Å². The molecule has 0 aliphatic heterocycles. The Morgan fingerprint density at radius 2 is 1.90 bits per heavy atom. The number of benzene rings is 1. The monoisotopic (exact) mass is 442 g/mol. The fourth-order valence-electron chi connectivity index (χ4n) is 3.92. The van der Waals surface area contributed by atoms with Crippen LogP contribution in [-0.2, 0) is 29.0 Å². The summed E-state index contributed by atoms with van der Waals surface area (Å²) in [6.45, 7) is 6.38. The van der Waals surface area contributed by atoms with Crippen molar-refractivity contribution in [2.24, 2.45) is 11.8 Å². The maximum Gasteiger partial charge on any atom is 0.303 e. The minimum Gasteiger partial charge on any atom is -0.481 e. The Kier molecular flexibility index (Phi) is 7.49. The number of carboxylic acid groups (broad SMARTS) is 1. The molecule has 166 valence electrons. The molecule has 3 N–H and O–H groups in total. The number of hydrogen-bond acceptors (Lipinski definition) is 4. The molecule has 31 heavy (non-hydrogen) atoms. The van der Waals surface area contributed by atoms with E-state index in [1.807, 2.05) is 31.2 Å². The molecule has 1 heterocycles. The van der Waals surface area contributed by atoms with Crippen LogP contribution in [0.1, 0.15) is 65.0 Å². The summed E-state index contributed by atoms with van der Waals surface area (Å²) in [5.74, 6) is -1.08. The SMILES string of the molecule is Cc1ccc(CNC(=O)c2c(NC(=O)C[C@@H](C)CC(=O)O)sc3c2CC[C@H](C)C3)cc1. The van der Waals surface area contributed by atoms with Crippen molar-refractivity contribution in [3.8, 4) is 0 Å². The summed E-state index contributed by atoms with van der Waals surface area (Å²) >= 11 is 1.48. The van der Waals surface area contributed by atoms with E-state index in [2.05, 4.69) is 17.6 Å². The van der Waals surface area contributed by atoms with Crippen LogP contribution in [0.2, 0.25) is 0 Å². The van der Waals surface area contributed by atoms with Crippen LogP contribution in [-0.4, -0.2) is 22.9 Å². The van der Waals surface area contributed by atoms with Crippen molar-refractivity contribution in [3.63, 3.8) is 0 Å². The van der Waals surface area contributed by atoms with Gasteiger partial charge in [-0.3, -0.25) is 14.4 Å². The van der Waals surface area contributed by atoms with Crippen LogP contribution < -0.4 is 10.6 Å². The zero-order valence-corrected chi connectivity index (χ0v) is 19.1. The number of nitrogens with one attached hydrogen (secondary N) is 2. The van der Waals surface area contributed by atoms with Crippen molar-refractivity contribution in [3.05, 3.63) is 51.4 Å². The lowest BCUT2D eigenvalue weighted by Gasteiger charge is -2.18. The quantitative estimate of drug-likeness (QED) is 0.559. The first-order chi connectivity index (χ1) is 14.7. The van der Waals surface area contributed by atoms with Crippen molar-refractivity contribution >= 4 is 34.1 Å². The topological polar surface area (TPSA) is 95.5 Å². The molecule has 6 nitrogen and oxygen atoms in total. The number of rotatable bonds is 8. The third-order valence-electron chi connectivity index (χ3n) is 5.62. The Bertz CT molecular complexity index is 965. The highest BCUT2D eigenvalue weighted by molar-refractivity contribution is 7.17. The number of amides is 2. The molecule has 0 fully saturated rings. The van der Waals surface area contributed by atoms with Crippen molar-refractivity contribution < 1.29 is 19.5 Å². The largest absolute Gasteiger partial charge is 0.481 e. The molecule has 0 saturated carbocycles. The number of aryl methyl sites for hydroxylation is 1. The minimum absolute atomic E-state index is 0.0598. The molecule has 0 bridgehead atoms. The maximum atomic E-state index is 13.1. The van der Waals surface area contributed by atoms with E-state index in [1.54, 1.807) is 6.92 Å². The van der Waals surface area contributed by atoms with Crippen LogP contribution >= 0.6 is 11.3 Å². The molecule has 1 aromatic heterocycles. The number of thiophene rings is 1. The molecule has 3 rings (SSSR count). The molecule has 0 spiro atoms. The smallest absolute Gasteiger partial charge is 0.303 e. The number of hydrogen-bond donors (Lipinski definition) is 3. The van der Waals surface area contributed by atoms with Gasteiger partial charge in [0, 0.05) is 24.3 Å². The van der Waals surface area contributed by atoms with Gasteiger partial charge in [0.25, 0.3) is 5.91 Å². The molecule has 7 heteroatoms. The van der Waals surface area contributed by atoms with E-state index in [4.69, 9.17) is 5.11 Å². The van der Waals surface area contributed by atoms with Crippen molar-refractivity contribution in [2.75, 3.05) is 5.32 Å². The second-order valence-corrected chi connectivity index (χ2v) is 9.78. The van der Waals surface area contributed by atoms with Crippen molar-refractivity contribution in [2.45, 2.75) is 59.4 Å². The molecule has 2 atom stereocenters. The number of aliphatic carboxylic acids is 1. The Hall–Kier alpha value is -2.67. The van der Waals surface area contributed by atoms with Gasteiger partial charge < -0.3 is 15.7 Å². The molecule has 1 aromatic carbocycles.